The van der Waals surface area contributed by atoms with E-state index < -0.39 is 0 Å². The van der Waals surface area contributed by atoms with Gasteiger partial charge < -0.3 is 19.9 Å². The predicted molar refractivity (Wildman–Crippen MR) is 130 cm³/mol. The third-order valence-electron chi connectivity index (χ3n) is 4.59. The van der Waals surface area contributed by atoms with E-state index in [1.54, 1.807) is 7.11 Å². The summed E-state index contributed by atoms with van der Waals surface area (Å²) in [6.07, 6.45) is 2.90. The van der Waals surface area contributed by atoms with Gasteiger partial charge in [-0.3, -0.25) is 0 Å². The second kappa shape index (κ2) is 11.6. The molecule has 0 amide bonds. The summed E-state index contributed by atoms with van der Waals surface area (Å²) >= 11 is 0. The first-order chi connectivity index (χ1) is 13.7. The molecule has 0 aliphatic heterocycles. The van der Waals surface area contributed by atoms with Crippen molar-refractivity contribution in [3.05, 3.63) is 59.9 Å². The molecule has 0 aliphatic rings. The lowest BCUT2D eigenvalue weighted by atomic mass is 10.1. The van der Waals surface area contributed by atoms with Crippen LogP contribution in [-0.2, 0) is 13.1 Å². The largest absolute Gasteiger partial charge is 0.496 e. The highest BCUT2D eigenvalue weighted by molar-refractivity contribution is 14.0. The topological polar surface area (TPSA) is 63.5 Å². The van der Waals surface area contributed by atoms with E-state index in [0.717, 1.165) is 48.8 Å². The first-order valence-corrected chi connectivity index (χ1v) is 9.77. The van der Waals surface area contributed by atoms with Crippen molar-refractivity contribution in [3.8, 4) is 5.75 Å². The Morgan fingerprint density at radius 2 is 2.00 bits per heavy atom. The second-order valence-corrected chi connectivity index (χ2v) is 6.72. The van der Waals surface area contributed by atoms with E-state index in [0.29, 0.717) is 6.54 Å². The minimum Gasteiger partial charge on any atom is -0.496 e. The molecule has 0 spiro atoms. The molecular formula is C22H30IN5O. The minimum atomic E-state index is 0. The van der Waals surface area contributed by atoms with Crippen LogP contribution in [0.3, 0.4) is 0 Å². The van der Waals surface area contributed by atoms with Crippen molar-refractivity contribution in [1.82, 2.24) is 20.2 Å². The van der Waals surface area contributed by atoms with E-state index in [9.17, 15) is 0 Å². The number of hydrogen-bond acceptors (Lipinski definition) is 3. The second-order valence-electron chi connectivity index (χ2n) is 6.72. The number of hydrogen-bond donors (Lipinski definition) is 2. The molecule has 156 valence electrons. The molecule has 0 bridgehead atoms. The van der Waals surface area contributed by atoms with E-state index in [1.165, 1.54) is 11.1 Å². The highest BCUT2D eigenvalue weighted by Crippen LogP contribution is 2.20. The van der Waals surface area contributed by atoms with Gasteiger partial charge in [-0.25, -0.2) is 9.98 Å². The van der Waals surface area contributed by atoms with E-state index in [4.69, 9.17) is 9.73 Å². The summed E-state index contributed by atoms with van der Waals surface area (Å²) in [4.78, 5) is 9.14. The van der Waals surface area contributed by atoms with Crippen molar-refractivity contribution >= 4 is 41.0 Å². The molecule has 0 unspecified atom stereocenters. The number of fused-ring (bicyclic) bond motifs is 1. The zero-order valence-electron chi connectivity index (χ0n) is 17.3. The maximum absolute atomic E-state index is 5.47. The molecule has 0 radical (unpaired) electrons. The molecule has 2 aromatic carbocycles. The molecular weight excluding hydrogens is 477 g/mol. The summed E-state index contributed by atoms with van der Waals surface area (Å²) < 4.78 is 7.67. The lowest BCUT2D eigenvalue weighted by Crippen LogP contribution is -2.38. The molecule has 6 nitrogen and oxygen atoms in total. The third-order valence-corrected chi connectivity index (χ3v) is 4.59. The van der Waals surface area contributed by atoms with Crippen LogP contribution in [0.25, 0.3) is 11.0 Å². The number of halogens is 1. The molecule has 0 atom stereocenters. The molecule has 0 fully saturated rings. The SMILES string of the molecule is CCNC(=NCc1ccc(C)cc1OC)NCCCn1cnc2ccccc21.I. The molecule has 1 aromatic heterocycles. The number of methoxy groups -OCH3 is 1. The van der Waals surface area contributed by atoms with E-state index in [2.05, 4.69) is 52.2 Å². The van der Waals surface area contributed by atoms with Crippen LogP contribution in [0, 0.1) is 6.92 Å². The van der Waals surface area contributed by atoms with Gasteiger partial charge in [0.25, 0.3) is 0 Å². The Bertz CT molecular complexity index is 938. The summed E-state index contributed by atoms with van der Waals surface area (Å²) in [5.41, 5.74) is 4.48. The van der Waals surface area contributed by atoms with Gasteiger partial charge in [0.05, 0.1) is 31.0 Å². The number of benzene rings is 2. The van der Waals surface area contributed by atoms with Crippen LogP contribution in [-0.4, -0.2) is 35.7 Å². The van der Waals surface area contributed by atoms with E-state index in [-0.39, 0.29) is 24.0 Å². The van der Waals surface area contributed by atoms with Crippen LogP contribution in [0.1, 0.15) is 24.5 Å². The minimum absolute atomic E-state index is 0. The van der Waals surface area contributed by atoms with Gasteiger partial charge in [-0.15, -0.1) is 24.0 Å². The Labute approximate surface area is 189 Å². The lowest BCUT2D eigenvalue weighted by Gasteiger charge is -2.13. The zero-order chi connectivity index (χ0) is 19.8. The summed E-state index contributed by atoms with van der Waals surface area (Å²) in [5.74, 6) is 1.70. The Kier molecular flexibility index (Phi) is 9.24. The number of aliphatic imine (C=N–C) groups is 1. The Morgan fingerprint density at radius 3 is 2.79 bits per heavy atom. The first kappa shape index (κ1) is 23.0. The maximum Gasteiger partial charge on any atom is 0.191 e. The van der Waals surface area contributed by atoms with Crippen LogP contribution in [0.15, 0.2) is 53.8 Å². The van der Waals surface area contributed by atoms with Crippen LogP contribution >= 0.6 is 24.0 Å². The fourth-order valence-corrected chi connectivity index (χ4v) is 3.13. The van der Waals surface area contributed by atoms with Crippen LogP contribution in [0.5, 0.6) is 5.75 Å². The number of para-hydroxylation sites is 2. The number of ether oxygens (including phenoxy) is 1. The quantitative estimate of drug-likeness (QED) is 0.209. The van der Waals surface area contributed by atoms with E-state index in [1.807, 2.05) is 30.6 Å². The van der Waals surface area contributed by atoms with Gasteiger partial charge in [-0.1, -0.05) is 24.3 Å². The number of imidazole rings is 1. The number of nitrogens with zero attached hydrogens (tertiary/aromatic N) is 3. The average molecular weight is 507 g/mol. The predicted octanol–water partition coefficient (Wildman–Crippen LogP) is 4.12. The molecule has 7 heteroatoms. The number of guanidine groups is 1. The third kappa shape index (κ3) is 6.35. The zero-order valence-corrected chi connectivity index (χ0v) is 19.6. The van der Waals surface area contributed by atoms with Gasteiger partial charge in [0, 0.05) is 25.2 Å². The molecule has 2 N–H and O–H groups in total. The number of rotatable bonds is 8. The van der Waals surface area contributed by atoms with Crippen molar-refractivity contribution in [1.29, 1.82) is 0 Å². The van der Waals surface area contributed by atoms with Gasteiger partial charge in [0.2, 0.25) is 0 Å². The summed E-state index contributed by atoms with van der Waals surface area (Å²) in [5, 5.41) is 6.72. The molecule has 3 rings (SSSR count). The molecule has 0 saturated carbocycles. The lowest BCUT2D eigenvalue weighted by molar-refractivity contribution is 0.409. The maximum atomic E-state index is 5.47. The van der Waals surface area contributed by atoms with Gasteiger partial charge in [0.1, 0.15) is 5.75 Å². The highest BCUT2D eigenvalue weighted by Gasteiger charge is 2.04. The molecule has 29 heavy (non-hydrogen) atoms. The standard InChI is InChI=1S/C22H29N5O.HI/c1-4-23-22(25-15-18-11-10-17(2)14-21(18)28-3)24-12-7-13-27-16-26-19-8-5-6-9-20(19)27;/h5-6,8-11,14,16H,4,7,12-13,15H2,1-3H3,(H2,23,24,25);1H. The highest BCUT2D eigenvalue weighted by atomic mass is 127. The fourth-order valence-electron chi connectivity index (χ4n) is 3.13. The van der Waals surface area contributed by atoms with Crippen LogP contribution in [0.4, 0.5) is 0 Å². The molecule has 0 saturated heterocycles. The Morgan fingerprint density at radius 1 is 1.17 bits per heavy atom. The number of aryl methyl sites for hydroxylation is 2. The van der Waals surface area contributed by atoms with Gasteiger partial charge in [0.15, 0.2) is 5.96 Å². The number of nitrogens with one attached hydrogen (secondary N) is 2. The van der Waals surface area contributed by atoms with Crippen LogP contribution in [0.2, 0.25) is 0 Å². The summed E-state index contributed by atoms with van der Waals surface area (Å²) in [6.45, 7) is 7.28. The smallest absolute Gasteiger partial charge is 0.191 e. The fraction of sp³-hybridized carbons (Fsp3) is 0.364. The summed E-state index contributed by atoms with van der Waals surface area (Å²) in [7, 11) is 1.70. The molecule has 0 aliphatic carbocycles. The molecule has 1 heterocycles. The van der Waals surface area contributed by atoms with Crippen molar-refractivity contribution in [3.63, 3.8) is 0 Å². The van der Waals surface area contributed by atoms with Crippen molar-refractivity contribution in [2.24, 2.45) is 4.99 Å². The normalized spacial score (nSPS) is 11.2. The van der Waals surface area contributed by atoms with Crippen molar-refractivity contribution in [2.45, 2.75) is 33.4 Å². The summed E-state index contributed by atoms with van der Waals surface area (Å²) in [6, 6.07) is 14.4. The van der Waals surface area contributed by atoms with Gasteiger partial charge in [-0.2, -0.15) is 0 Å². The Balaban J connectivity index is 0.00000300. The van der Waals surface area contributed by atoms with Gasteiger partial charge >= 0.3 is 0 Å². The first-order valence-electron chi connectivity index (χ1n) is 9.77. The van der Waals surface area contributed by atoms with Crippen molar-refractivity contribution in [2.75, 3.05) is 20.2 Å². The van der Waals surface area contributed by atoms with Gasteiger partial charge in [-0.05, 0) is 44.0 Å². The Hall–Kier alpha value is -2.29. The number of aromatic nitrogens is 2. The molecule has 3 aromatic rings. The average Bonchev–Trinajstić information content (AvgIpc) is 3.13. The van der Waals surface area contributed by atoms with E-state index >= 15 is 0 Å². The monoisotopic (exact) mass is 507 g/mol. The van der Waals surface area contributed by atoms with Crippen LogP contribution < -0.4 is 15.4 Å². The van der Waals surface area contributed by atoms with Crippen molar-refractivity contribution < 1.29 is 4.74 Å².